The van der Waals surface area contributed by atoms with Crippen LogP contribution in [0.4, 0.5) is 5.69 Å². The minimum Gasteiger partial charge on any atom is -0.497 e. The second kappa shape index (κ2) is 11.6. The number of benzene rings is 2. The fourth-order valence-electron chi connectivity index (χ4n) is 5.51. The summed E-state index contributed by atoms with van der Waals surface area (Å²) in [5, 5.41) is 5.87. The molecule has 6 nitrogen and oxygen atoms in total. The van der Waals surface area contributed by atoms with Crippen molar-refractivity contribution in [2.24, 2.45) is 17.8 Å². The molecule has 0 aromatic heterocycles. The first-order valence-corrected chi connectivity index (χ1v) is 13.0. The van der Waals surface area contributed by atoms with E-state index in [1.165, 1.54) is 5.57 Å². The quantitative estimate of drug-likeness (QED) is 0.485. The van der Waals surface area contributed by atoms with E-state index in [0.717, 1.165) is 24.0 Å². The molecular formula is C31H36N2O4. The third kappa shape index (κ3) is 6.19. The van der Waals surface area contributed by atoms with Crippen LogP contribution in [0, 0.1) is 17.8 Å². The van der Waals surface area contributed by atoms with Gasteiger partial charge in [-0.1, -0.05) is 49.4 Å². The molecule has 2 aromatic rings. The summed E-state index contributed by atoms with van der Waals surface area (Å²) in [5.41, 5.74) is 4.08. The molecule has 6 heteroatoms. The molecule has 0 saturated heterocycles. The highest BCUT2D eigenvalue weighted by molar-refractivity contribution is 6.01. The van der Waals surface area contributed by atoms with Crippen LogP contribution in [0.5, 0.6) is 5.75 Å². The molecule has 1 saturated carbocycles. The molecule has 37 heavy (non-hydrogen) atoms. The van der Waals surface area contributed by atoms with Crippen molar-refractivity contribution in [3.8, 4) is 5.75 Å². The molecule has 0 radical (unpaired) electrons. The predicted molar refractivity (Wildman–Crippen MR) is 145 cm³/mol. The molecule has 2 amide bonds. The maximum Gasteiger partial charge on any atom is 0.247 e. The van der Waals surface area contributed by atoms with Crippen LogP contribution in [0.25, 0.3) is 0 Å². The first kappa shape index (κ1) is 26.4. The molecule has 4 atom stereocenters. The molecular weight excluding hydrogens is 464 g/mol. The lowest BCUT2D eigenvalue weighted by molar-refractivity contribution is -0.124. The zero-order valence-electron chi connectivity index (χ0n) is 21.9. The smallest absolute Gasteiger partial charge is 0.247 e. The highest BCUT2D eigenvalue weighted by atomic mass is 16.5. The first-order valence-electron chi connectivity index (χ1n) is 13.0. The molecule has 0 aliphatic heterocycles. The Morgan fingerprint density at radius 3 is 2.43 bits per heavy atom. The van der Waals surface area contributed by atoms with Gasteiger partial charge in [0.1, 0.15) is 11.8 Å². The highest BCUT2D eigenvalue weighted by Gasteiger charge is 2.38. The average molecular weight is 501 g/mol. The number of ketones is 1. The Bertz CT molecular complexity index is 1200. The fraction of sp³-hybridized carbons (Fsp3) is 0.387. The number of amides is 2. The van der Waals surface area contributed by atoms with Gasteiger partial charge in [-0.25, -0.2) is 0 Å². The number of hydrogen-bond donors (Lipinski definition) is 2. The van der Waals surface area contributed by atoms with Crippen LogP contribution in [-0.2, 0) is 20.8 Å². The molecule has 0 unspecified atom stereocenters. The Kier molecular flexibility index (Phi) is 8.27. The fourth-order valence-corrected chi connectivity index (χ4v) is 5.51. The van der Waals surface area contributed by atoms with Crippen molar-refractivity contribution in [1.29, 1.82) is 0 Å². The van der Waals surface area contributed by atoms with E-state index in [1.54, 1.807) is 31.4 Å². The lowest BCUT2D eigenvalue weighted by Gasteiger charge is -2.23. The summed E-state index contributed by atoms with van der Waals surface area (Å²) >= 11 is 0. The number of nitrogens with one attached hydrogen (secondary N) is 2. The predicted octanol–water partition coefficient (Wildman–Crippen LogP) is 5.26. The molecule has 2 aliphatic rings. The van der Waals surface area contributed by atoms with Gasteiger partial charge in [0.15, 0.2) is 5.78 Å². The van der Waals surface area contributed by atoms with Gasteiger partial charge in [-0.3, -0.25) is 14.4 Å². The van der Waals surface area contributed by atoms with Crippen LogP contribution in [0.3, 0.4) is 0 Å². The first-order chi connectivity index (χ1) is 17.8. The minimum absolute atomic E-state index is 0.0506. The topological polar surface area (TPSA) is 84.5 Å². The molecule has 2 aromatic carbocycles. The van der Waals surface area contributed by atoms with Gasteiger partial charge >= 0.3 is 0 Å². The molecule has 2 N–H and O–H groups in total. The van der Waals surface area contributed by atoms with E-state index >= 15 is 0 Å². The molecule has 4 rings (SSSR count). The number of ether oxygens (including phenoxy) is 1. The van der Waals surface area contributed by atoms with Gasteiger partial charge in [0.25, 0.3) is 0 Å². The van der Waals surface area contributed by atoms with Crippen LogP contribution >= 0.6 is 0 Å². The summed E-state index contributed by atoms with van der Waals surface area (Å²) in [4.78, 5) is 39.1. The maximum absolute atomic E-state index is 13.4. The van der Waals surface area contributed by atoms with E-state index in [0.29, 0.717) is 42.2 Å². The maximum atomic E-state index is 13.4. The zero-order chi connectivity index (χ0) is 26.5. The van der Waals surface area contributed by atoms with E-state index in [4.69, 9.17) is 4.74 Å². The van der Waals surface area contributed by atoms with E-state index < -0.39 is 6.04 Å². The number of carbonyl (C=O) groups excluding carboxylic acids is 3. The highest BCUT2D eigenvalue weighted by Crippen LogP contribution is 2.45. The largest absolute Gasteiger partial charge is 0.497 e. The third-order valence-electron chi connectivity index (χ3n) is 7.92. The summed E-state index contributed by atoms with van der Waals surface area (Å²) in [6, 6.07) is 15.9. The number of Topliss-reactive ketones (excluding diaryl/α,β-unsaturated/α-hetero) is 1. The van der Waals surface area contributed by atoms with Gasteiger partial charge in [0, 0.05) is 24.1 Å². The summed E-state index contributed by atoms with van der Waals surface area (Å²) < 4.78 is 5.19. The van der Waals surface area contributed by atoms with Crippen LogP contribution in [0.1, 0.15) is 45.1 Å². The van der Waals surface area contributed by atoms with E-state index in [9.17, 15) is 14.4 Å². The Morgan fingerprint density at radius 2 is 1.76 bits per heavy atom. The van der Waals surface area contributed by atoms with Crippen molar-refractivity contribution >= 4 is 23.3 Å². The van der Waals surface area contributed by atoms with E-state index in [2.05, 4.69) is 24.1 Å². The number of carbonyl (C=O) groups is 3. The number of anilines is 1. The van der Waals surface area contributed by atoms with Gasteiger partial charge in [0.05, 0.1) is 7.11 Å². The molecule has 1 fully saturated rings. The summed E-state index contributed by atoms with van der Waals surface area (Å²) in [6.45, 7) is 8.27. The summed E-state index contributed by atoms with van der Waals surface area (Å²) in [6.07, 6.45) is 3.40. The third-order valence-corrected chi connectivity index (χ3v) is 7.92. The monoisotopic (exact) mass is 500 g/mol. The van der Waals surface area contributed by atoms with Crippen molar-refractivity contribution in [1.82, 2.24) is 5.32 Å². The average Bonchev–Trinajstić information content (AvgIpc) is 3.08. The van der Waals surface area contributed by atoms with Crippen molar-refractivity contribution in [3.05, 3.63) is 83.5 Å². The second-order valence-electron chi connectivity index (χ2n) is 10.3. The van der Waals surface area contributed by atoms with Gasteiger partial charge < -0.3 is 15.4 Å². The number of allylic oxidation sites excluding steroid dienone is 2. The molecule has 0 heterocycles. The van der Waals surface area contributed by atoms with Crippen molar-refractivity contribution < 1.29 is 19.1 Å². The lowest BCUT2D eigenvalue weighted by Crippen LogP contribution is -2.46. The summed E-state index contributed by atoms with van der Waals surface area (Å²) in [7, 11) is 1.59. The van der Waals surface area contributed by atoms with E-state index in [1.807, 2.05) is 37.3 Å². The number of methoxy groups -OCH3 is 1. The van der Waals surface area contributed by atoms with Crippen molar-refractivity contribution in [2.75, 3.05) is 12.4 Å². The van der Waals surface area contributed by atoms with Gasteiger partial charge in [-0.05, 0) is 79.3 Å². The van der Waals surface area contributed by atoms with Gasteiger partial charge in [-0.2, -0.15) is 0 Å². The molecule has 0 spiro atoms. The number of rotatable bonds is 8. The Morgan fingerprint density at radius 1 is 1.05 bits per heavy atom. The summed E-state index contributed by atoms with van der Waals surface area (Å²) in [5.74, 6) is 0.922. The SMILES string of the molecule is C=C(C(=O)N[C@@H](Cc1ccccc1)C(=O)Nc1ccc(OC)cc1)[C@H]1CC[C@H](C)[C@@H]2CC(=O)C(C)=C2C1. The number of fused-ring (bicyclic) bond motifs is 1. The Balaban J connectivity index is 1.49. The molecule has 2 aliphatic carbocycles. The van der Waals surface area contributed by atoms with Crippen molar-refractivity contribution in [3.63, 3.8) is 0 Å². The Hall–Kier alpha value is -3.67. The van der Waals surface area contributed by atoms with Gasteiger partial charge in [0.2, 0.25) is 11.8 Å². The minimum atomic E-state index is -0.778. The van der Waals surface area contributed by atoms with Crippen LogP contribution < -0.4 is 15.4 Å². The number of hydrogen-bond acceptors (Lipinski definition) is 4. The second-order valence-corrected chi connectivity index (χ2v) is 10.3. The van der Waals surface area contributed by atoms with Gasteiger partial charge in [-0.15, -0.1) is 0 Å². The normalized spacial score (nSPS) is 22.0. The molecule has 194 valence electrons. The standard InChI is InChI=1S/C31H36N2O4/c1-19-10-11-23(17-27-21(3)29(34)18-26(19)27)20(2)30(35)33-28(16-22-8-6-5-7-9-22)31(36)32-24-12-14-25(37-4)15-13-24/h5-9,12-15,19,23,26,28H,2,10-11,16-18H2,1,3-4H3,(H,32,36)(H,33,35)/t19-,23-,26-,28-/m0/s1. The zero-order valence-corrected chi connectivity index (χ0v) is 21.9. The van der Waals surface area contributed by atoms with Crippen LogP contribution in [0.2, 0.25) is 0 Å². The van der Waals surface area contributed by atoms with Crippen LogP contribution in [-0.4, -0.2) is 30.7 Å². The van der Waals surface area contributed by atoms with Crippen LogP contribution in [0.15, 0.2) is 77.9 Å². The Labute approximate surface area is 219 Å². The van der Waals surface area contributed by atoms with E-state index in [-0.39, 0.29) is 29.4 Å². The lowest BCUT2D eigenvalue weighted by atomic mass is 9.86. The molecule has 0 bridgehead atoms. The van der Waals surface area contributed by atoms with Crippen molar-refractivity contribution in [2.45, 2.75) is 52.0 Å².